The molecule has 0 amide bonds. The van der Waals surface area contributed by atoms with Crippen LogP contribution in [0.4, 0.5) is 5.95 Å². The number of benzene rings is 1. The standard InChI is InChI=1S/C20H28N4O2S/c1-6-24-19(23-7-9-26-10-8-23)21-22-20(24)27-16(5)18(25)17-12-14(3)13(2)11-15(17)4/h11-12,16H,6-10H2,1-5H3. The summed E-state index contributed by atoms with van der Waals surface area (Å²) in [5.41, 5.74) is 4.19. The zero-order valence-corrected chi connectivity index (χ0v) is 17.6. The van der Waals surface area contributed by atoms with Crippen molar-refractivity contribution in [2.45, 2.75) is 51.6 Å². The number of nitrogens with zero attached hydrogens (tertiary/aromatic N) is 4. The van der Waals surface area contributed by atoms with E-state index in [1.807, 2.05) is 26.8 Å². The van der Waals surface area contributed by atoms with Crippen molar-refractivity contribution in [1.82, 2.24) is 14.8 Å². The van der Waals surface area contributed by atoms with E-state index in [4.69, 9.17) is 4.74 Å². The molecule has 0 bridgehead atoms. The molecule has 3 rings (SSSR count). The van der Waals surface area contributed by atoms with Gasteiger partial charge < -0.3 is 9.64 Å². The largest absolute Gasteiger partial charge is 0.378 e. The predicted octanol–water partition coefficient (Wildman–Crippen LogP) is 3.42. The zero-order chi connectivity index (χ0) is 19.6. The van der Waals surface area contributed by atoms with Gasteiger partial charge in [-0.3, -0.25) is 9.36 Å². The Balaban J connectivity index is 1.79. The summed E-state index contributed by atoms with van der Waals surface area (Å²) in [6.45, 7) is 14.0. The van der Waals surface area contributed by atoms with Crippen molar-refractivity contribution in [3.05, 3.63) is 34.4 Å². The number of thioether (sulfide) groups is 1. The van der Waals surface area contributed by atoms with Gasteiger partial charge in [0.1, 0.15) is 0 Å². The molecule has 0 spiro atoms. The summed E-state index contributed by atoms with van der Waals surface area (Å²) in [4.78, 5) is 15.2. The highest BCUT2D eigenvalue weighted by Crippen LogP contribution is 2.29. The SMILES string of the molecule is CCn1c(SC(C)C(=O)c2cc(C)c(C)cc2C)nnc1N1CCOCC1. The molecule has 1 aliphatic heterocycles. The van der Waals surface area contributed by atoms with Crippen molar-refractivity contribution < 1.29 is 9.53 Å². The average molecular weight is 389 g/mol. The summed E-state index contributed by atoms with van der Waals surface area (Å²) in [7, 11) is 0. The minimum Gasteiger partial charge on any atom is -0.378 e. The van der Waals surface area contributed by atoms with Crippen molar-refractivity contribution in [3.63, 3.8) is 0 Å². The normalized spacial score (nSPS) is 15.8. The molecule has 1 aromatic heterocycles. The number of aryl methyl sites for hydroxylation is 3. The molecular formula is C20H28N4O2S. The smallest absolute Gasteiger partial charge is 0.228 e. The summed E-state index contributed by atoms with van der Waals surface area (Å²) in [6.07, 6.45) is 0. The topological polar surface area (TPSA) is 60.2 Å². The van der Waals surface area contributed by atoms with Crippen molar-refractivity contribution in [2.75, 3.05) is 31.2 Å². The highest BCUT2D eigenvalue weighted by molar-refractivity contribution is 8.00. The second-order valence-electron chi connectivity index (χ2n) is 7.00. The number of rotatable bonds is 6. The summed E-state index contributed by atoms with van der Waals surface area (Å²) in [5.74, 6) is 1.00. The lowest BCUT2D eigenvalue weighted by atomic mass is 9.97. The van der Waals surface area contributed by atoms with Crippen LogP contribution in [0.5, 0.6) is 0 Å². The Hall–Kier alpha value is -1.86. The second kappa shape index (κ2) is 8.44. The lowest BCUT2D eigenvalue weighted by Gasteiger charge is -2.27. The van der Waals surface area contributed by atoms with Crippen LogP contribution in [0.1, 0.15) is 40.9 Å². The van der Waals surface area contributed by atoms with Gasteiger partial charge in [-0.2, -0.15) is 0 Å². The van der Waals surface area contributed by atoms with Gasteiger partial charge in [0.05, 0.1) is 18.5 Å². The van der Waals surface area contributed by atoms with E-state index in [0.29, 0.717) is 13.2 Å². The van der Waals surface area contributed by atoms with Crippen LogP contribution in [0.25, 0.3) is 0 Å². The minimum atomic E-state index is -0.224. The van der Waals surface area contributed by atoms with Crippen molar-refractivity contribution in [3.8, 4) is 0 Å². The van der Waals surface area contributed by atoms with E-state index >= 15 is 0 Å². The maximum atomic E-state index is 13.0. The van der Waals surface area contributed by atoms with E-state index in [1.54, 1.807) is 0 Å². The van der Waals surface area contributed by atoms with Crippen LogP contribution in [0.2, 0.25) is 0 Å². The zero-order valence-electron chi connectivity index (χ0n) is 16.8. The summed E-state index contributed by atoms with van der Waals surface area (Å²) < 4.78 is 7.52. The maximum Gasteiger partial charge on any atom is 0.228 e. The number of hydrogen-bond acceptors (Lipinski definition) is 6. The fraction of sp³-hybridized carbons (Fsp3) is 0.550. The number of morpholine rings is 1. The number of anilines is 1. The van der Waals surface area contributed by atoms with Crippen molar-refractivity contribution >= 4 is 23.5 Å². The summed E-state index contributed by atoms with van der Waals surface area (Å²) in [5, 5.41) is 9.33. The Bertz CT molecular complexity index is 828. The number of Topliss-reactive ketones (excluding diaryl/α,β-unsaturated/α-hetero) is 1. The molecule has 2 heterocycles. The van der Waals surface area contributed by atoms with E-state index in [1.165, 1.54) is 17.3 Å². The van der Waals surface area contributed by atoms with Gasteiger partial charge in [0.2, 0.25) is 5.95 Å². The first kappa shape index (κ1) is 19.9. The Morgan fingerprint density at radius 3 is 2.48 bits per heavy atom. The molecule has 0 saturated carbocycles. The van der Waals surface area contributed by atoms with E-state index in [2.05, 4.69) is 39.6 Å². The number of carbonyl (C=O) groups is 1. The fourth-order valence-electron chi connectivity index (χ4n) is 3.30. The molecule has 146 valence electrons. The Morgan fingerprint density at radius 2 is 1.81 bits per heavy atom. The molecule has 2 aromatic rings. The van der Waals surface area contributed by atoms with Crippen LogP contribution in [0.3, 0.4) is 0 Å². The summed E-state index contributed by atoms with van der Waals surface area (Å²) >= 11 is 1.48. The summed E-state index contributed by atoms with van der Waals surface area (Å²) in [6, 6.07) is 4.10. The molecule has 6 nitrogen and oxygen atoms in total. The number of carbonyl (C=O) groups excluding carboxylic acids is 1. The van der Waals surface area contributed by atoms with Crippen LogP contribution >= 0.6 is 11.8 Å². The van der Waals surface area contributed by atoms with Gasteiger partial charge in [0.15, 0.2) is 10.9 Å². The molecule has 1 aromatic carbocycles. The van der Waals surface area contributed by atoms with Gasteiger partial charge in [-0.15, -0.1) is 10.2 Å². The molecule has 0 radical (unpaired) electrons. The third-order valence-electron chi connectivity index (χ3n) is 5.07. The maximum absolute atomic E-state index is 13.0. The number of ketones is 1. The van der Waals surface area contributed by atoms with Crippen LogP contribution in [-0.4, -0.2) is 52.1 Å². The molecule has 1 atom stereocenters. The monoisotopic (exact) mass is 388 g/mol. The van der Waals surface area contributed by atoms with Gasteiger partial charge in [-0.25, -0.2) is 0 Å². The first-order chi connectivity index (χ1) is 12.9. The average Bonchev–Trinajstić information content (AvgIpc) is 3.07. The van der Waals surface area contributed by atoms with Gasteiger partial charge in [0, 0.05) is 25.2 Å². The first-order valence-electron chi connectivity index (χ1n) is 9.47. The number of ether oxygens (including phenoxy) is 1. The van der Waals surface area contributed by atoms with Crippen LogP contribution in [0, 0.1) is 20.8 Å². The number of aromatic nitrogens is 3. The molecule has 27 heavy (non-hydrogen) atoms. The molecule has 1 unspecified atom stereocenters. The molecule has 1 fully saturated rings. The van der Waals surface area contributed by atoms with Gasteiger partial charge in [0.25, 0.3) is 0 Å². The lowest BCUT2D eigenvalue weighted by molar-refractivity contribution is 0.0993. The molecule has 1 saturated heterocycles. The van der Waals surface area contributed by atoms with Crippen LogP contribution < -0.4 is 4.90 Å². The molecule has 1 aliphatic rings. The van der Waals surface area contributed by atoms with E-state index in [0.717, 1.165) is 47.4 Å². The van der Waals surface area contributed by atoms with E-state index in [-0.39, 0.29) is 11.0 Å². The van der Waals surface area contributed by atoms with Gasteiger partial charge >= 0.3 is 0 Å². The molecular weight excluding hydrogens is 360 g/mol. The lowest BCUT2D eigenvalue weighted by Crippen LogP contribution is -2.38. The molecule has 0 aliphatic carbocycles. The molecule has 0 N–H and O–H groups in total. The predicted molar refractivity (Wildman–Crippen MR) is 109 cm³/mol. The van der Waals surface area contributed by atoms with E-state index in [9.17, 15) is 4.79 Å². The van der Waals surface area contributed by atoms with Gasteiger partial charge in [-0.1, -0.05) is 17.8 Å². The third-order valence-corrected chi connectivity index (χ3v) is 6.15. The first-order valence-corrected chi connectivity index (χ1v) is 10.3. The van der Waals surface area contributed by atoms with Crippen molar-refractivity contribution in [2.24, 2.45) is 0 Å². The number of hydrogen-bond donors (Lipinski definition) is 0. The Morgan fingerprint density at radius 1 is 1.15 bits per heavy atom. The highest BCUT2D eigenvalue weighted by Gasteiger charge is 2.24. The van der Waals surface area contributed by atoms with E-state index < -0.39 is 0 Å². The van der Waals surface area contributed by atoms with Crippen molar-refractivity contribution in [1.29, 1.82) is 0 Å². The second-order valence-corrected chi connectivity index (χ2v) is 8.31. The minimum absolute atomic E-state index is 0.138. The Labute approximate surface area is 165 Å². The quantitative estimate of drug-likeness (QED) is 0.558. The highest BCUT2D eigenvalue weighted by atomic mass is 32.2. The van der Waals surface area contributed by atoms with Gasteiger partial charge in [-0.05, 0) is 57.4 Å². The van der Waals surface area contributed by atoms with Crippen LogP contribution in [-0.2, 0) is 11.3 Å². The Kier molecular flexibility index (Phi) is 6.22. The fourth-order valence-corrected chi connectivity index (χ4v) is 4.27. The third kappa shape index (κ3) is 4.19. The van der Waals surface area contributed by atoms with Crippen LogP contribution in [0.15, 0.2) is 17.3 Å². The molecule has 7 heteroatoms.